The van der Waals surface area contributed by atoms with E-state index in [0.29, 0.717) is 11.3 Å². The number of hydrogen-bond acceptors (Lipinski definition) is 5. The van der Waals surface area contributed by atoms with Gasteiger partial charge in [0.25, 0.3) is 11.6 Å². The van der Waals surface area contributed by atoms with Crippen LogP contribution in [-0.2, 0) is 4.79 Å². The lowest BCUT2D eigenvalue weighted by Gasteiger charge is -2.22. The number of amides is 2. The summed E-state index contributed by atoms with van der Waals surface area (Å²) in [6.45, 7) is 3.50. The maximum absolute atomic E-state index is 12.6. The van der Waals surface area contributed by atoms with Crippen molar-refractivity contribution in [3.63, 3.8) is 0 Å². The maximum atomic E-state index is 12.6. The minimum atomic E-state index is -0.895. The summed E-state index contributed by atoms with van der Waals surface area (Å²) in [7, 11) is 0. The molecule has 0 bridgehead atoms. The number of nitro groups is 1. The van der Waals surface area contributed by atoms with E-state index in [1.807, 2.05) is 6.07 Å². The lowest BCUT2D eigenvalue weighted by molar-refractivity contribution is -0.384. The largest absolute Gasteiger partial charge is 0.340 e. The highest BCUT2D eigenvalue weighted by Gasteiger charge is 2.26. The molecule has 0 aliphatic rings. The summed E-state index contributed by atoms with van der Waals surface area (Å²) in [6.07, 6.45) is 0. The first-order valence-corrected chi connectivity index (χ1v) is 8.66. The molecule has 0 aliphatic heterocycles. The zero-order chi connectivity index (χ0) is 20.8. The van der Waals surface area contributed by atoms with Gasteiger partial charge in [0.2, 0.25) is 5.91 Å². The van der Waals surface area contributed by atoms with Crippen LogP contribution in [0.25, 0.3) is 0 Å². The third-order valence-corrected chi connectivity index (χ3v) is 4.22. The van der Waals surface area contributed by atoms with Crippen molar-refractivity contribution in [2.75, 3.05) is 5.32 Å². The van der Waals surface area contributed by atoms with E-state index >= 15 is 0 Å². The Morgan fingerprint density at radius 2 is 1.93 bits per heavy atom. The molecule has 0 saturated heterocycles. The molecular formula is C19H17ClN4O4. The fraction of sp³-hybridized carbons (Fsp3) is 0.211. The molecule has 2 rings (SSSR count). The van der Waals surface area contributed by atoms with Gasteiger partial charge in [0.15, 0.2) is 0 Å². The summed E-state index contributed by atoms with van der Waals surface area (Å²) in [5.74, 6) is -1.37. The molecule has 2 aromatic carbocycles. The molecule has 0 radical (unpaired) electrons. The average molecular weight is 401 g/mol. The van der Waals surface area contributed by atoms with Crippen molar-refractivity contribution in [2.24, 2.45) is 5.92 Å². The summed E-state index contributed by atoms with van der Waals surface area (Å²) in [5.41, 5.74) is 0.427. The Labute approximate surface area is 166 Å². The molecular weight excluding hydrogens is 384 g/mol. The van der Waals surface area contributed by atoms with E-state index in [4.69, 9.17) is 16.9 Å². The third kappa shape index (κ3) is 5.05. The topological polar surface area (TPSA) is 125 Å². The SMILES string of the molecule is CC(C)C(NC(=O)c1ccc(Cl)c([N+](=O)[O-])c1)C(=O)Nc1cccc(C#N)c1. The van der Waals surface area contributed by atoms with Gasteiger partial charge in [-0.05, 0) is 36.2 Å². The lowest BCUT2D eigenvalue weighted by Crippen LogP contribution is -2.47. The average Bonchev–Trinajstić information content (AvgIpc) is 2.65. The molecule has 0 aromatic heterocycles. The monoisotopic (exact) mass is 400 g/mol. The number of halogens is 1. The van der Waals surface area contributed by atoms with Crippen LogP contribution in [0.4, 0.5) is 11.4 Å². The van der Waals surface area contributed by atoms with E-state index in [1.54, 1.807) is 32.0 Å². The van der Waals surface area contributed by atoms with Gasteiger partial charge >= 0.3 is 0 Å². The molecule has 0 fully saturated rings. The highest BCUT2D eigenvalue weighted by Crippen LogP contribution is 2.25. The number of nitrogens with zero attached hydrogens (tertiary/aromatic N) is 2. The second-order valence-electron chi connectivity index (χ2n) is 6.30. The molecule has 0 saturated carbocycles. The maximum Gasteiger partial charge on any atom is 0.288 e. The molecule has 0 spiro atoms. The number of hydrogen-bond donors (Lipinski definition) is 2. The standard InChI is InChI=1S/C19H17ClN4O4/c1-11(2)17(19(26)22-14-5-3-4-12(8-14)10-21)23-18(25)13-6-7-15(20)16(9-13)24(27)28/h3-9,11,17H,1-2H3,(H,22,26)(H,23,25). The first-order chi connectivity index (χ1) is 13.2. The van der Waals surface area contributed by atoms with Crippen LogP contribution >= 0.6 is 11.6 Å². The van der Waals surface area contributed by atoms with Gasteiger partial charge in [0.1, 0.15) is 11.1 Å². The van der Waals surface area contributed by atoms with Crippen LogP contribution < -0.4 is 10.6 Å². The van der Waals surface area contributed by atoms with Crippen molar-refractivity contribution in [2.45, 2.75) is 19.9 Å². The number of rotatable bonds is 6. The van der Waals surface area contributed by atoms with Gasteiger partial charge in [0.05, 0.1) is 16.6 Å². The van der Waals surface area contributed by atoms with E-state index in [1.165, 1.54) is 18.2 Å². The van der Waals surface area contributed by atoms with Crippen LogP contribution in [0.2, 0.25) is 5.02 Å². The van der Waals surface area contributed by atoms with Crippen LogP contribution in [0.15, 0.2) is 42.5 Å². The highest BCUT2D eigenvalue weighted by atomic mass is 35.5. The first-order valence-electron chi connectivity index (χ1n) is 8.28. The van der Waals surface area contributed by atoms with Crippen molar-refractivity contribution in [3.8, 4) is 6.07 Å². The Kier molecular flexibility index (Phi) is 6.69. The highest BCUT2D eigenvalue weighted by molar-refractivity contribution is 6.32. The Morgan fingerprint density at radius 1 is 1.21 bits per heavy atom. The van der Waals surface area contributed by atoms with Crippen LogP contribution in [-0.4, -0.2) is 22.8 Å². The van der Waals surface area contributed by atoms with E-state index in [9.17, 15) is 19.7 Å². The van der Waals surface area contributed by atoms with Gasteiger partial charge in [0, 0.05) is 17.3 Å². The van der Waals surface area contributed by atoms with Gasteiger partial charge in [-0.3, -0.25) is 19.7 Å². The number of carbonyl (C=O) groups excluding carboxylic acids is 2. The quantitative estimate of drug-likeness (QED) is 0.566. The van der Waals surface area contributed by atoms with Gasteiger partial charge in [-0.2, -0.15) is 5.26 Å². The van der Waals surface area contributed by atoms with Crippen LogP contribution in [0, 0.1) is 27.4 Å². The summed E-state index contributed by atoms with van der Waals surface area (Å²) in [4.78, 5) is 35.4. The van der Waals surface area contributed by atoms with Crippen molar-refractivity contribution in [1.82, 2.24) is 5.32 Å². The zero-order valence-corrected chi connectivity index (χ0v) is 15.9. The van der Waals surface area contributed by atoms with E-state index in [-0.39, 0.29) is 16.5 Å². The van der Waals surface area contributed by atoms with Crippen molar-refractivity contribution >= 4 is 34.8 Å². The predicted molar refractivity (Wildman–Crippen MR) is 104 cm³/mol. The van der Waals surface area contributed by atoms with Crippen molar-refractivity contribution < 1.29 is 14.5 Å². The normalized spacial score (nSPS) is 11.4. The van der Waals surface area contributed by atoms with Gasteiger partial charge in [-0.15, -0.1) is 0 Å². The van der Waals surface area contributed by atoms with E-state index < -0.39 is 28.5 Å². The Hall–Kier alpha value is -3.44. The first kappa shape index (κ1) is 20.9. The number of benzene rings is 2. The van der Waals surface area contributed by atoms with E-state index in [0.717, 1.165) is 6.07 Å². The van der Waals surface area contributed by atoms with Gasteiger partial charge < -0.3 is 10.6 Å². The lowest BCUT2D eigenvalue weighted by atomic mass is 10.0. The molecule has 1 unspecified atom stereocenters. The molecule has 0 aliphatic carbocycles. The minimum absolute atomic E-state index is 0.0148. The van der Waals surface area contributed by atoms with Gasteiger partial charge in [-0.1, -0.05) is 31.5 Å². The van der Waals surface area contributed by atoms with Crippen molar-refractivity contribution in [3.05, 3.63) is 68.7 Å². The molecule has 1 atom stereocenters. The predicted octanol–water partition coefficient (Wildman–Crippen LogP) is 3.51. The zero-order valence-electron chi connectivity index (χ0n) is 15.1. The third-order valence-electron chi connectivity index (χ3n) is 3.90. The second-order valence-corrected chi connectivity index (χ2v) is 6.71. The molecule has 28 heavy (non-hydrogen) atoms. The molecule has 9 heteroatoms. The second kappa shape index (κ2) is 8.97. The summed E-state index contributed by atoms with van der Waals surface area (Å²) < 4.78 is 0. The Balaban J connectivity index is 2.19. The molecule has 144 valence electrons. The summed E-state index contributed by atoms with van der Waals surface area (Å²) >= 11 is 5.76. The van der Waals surface area contributed by atoms with Crippen LogP contribution in [0.1, 0.15) is 29.8 Å². The molecule has 2 aromatic rings. The number of carbonyl (C=O) groups is 2. The Morgan fingerprint density at radius 3 is 2.54 bits per heavy atom. The number of anilines is 1. The smallest absolute Gasteiger partial charge is 0.288 e. The fourth-order valence-corrected chi connectivity index (χ4v) is 2.63. The summed E-state index contributed by atoms with van der Waals surface area (Å²) in [6, 6.07) is 11.1. The molecule has 2 N–H and O–H groups in total. The number of nitrogens with one attached hydrogen (secondary N) is 2. The van der Waals surface area contributed by atoms with Crippen LogP contribution in [0.3, 0.4) is 0 Å². The van der Waals surface area contributed by atoms with Crippen molar-refractivity contribution in [1.29, 1.82) is 5.26 Å². The van der Waals surface area contributed by atoms with Gasteiger partial charge in [-0.25, -0.2) is 0 Å². The molecule has 0 heterocycles. The summed E-state index contributed by atoms with van der Waals surface area (Å²) in [5, 5.41) is 25.1. The van der Waals surface area contributed by atoms with Crippen LogP contribution in [0.5, 0.6) is 0 Å². The number of nitro benzene ring substituents is 1. The molecule has 2 amide bonds. The van der Waals surface area contributed by atoms with E-state index in [2.05, 4.69) is 10.6 Å². The minimum Gasteiger partial charge on any atom is -0.340 e. The fourth-order valence-electron chi connectivity index (χ4n) is 2.44. The Bertz CT molecular complexity index is 969. The number of nitriles is 1. The molecule has 8 nitrogen and oxygen atoms in total.